The van der Waals surface area contributed by atoms with Gasteiger partial charge in [-0.15, -0.1) is 0 Å². The molecule has 0 amide bonds. The van der Waals surface area contributed by atoms with E-state index in [0.29, 0.717) is 17.3 Å². The first-order chi connectivity index (χ1) is 9.20. The molecule has 4 heteroatoms. The summed E-state index contributed by atoms with van der Waals surface area (Å²) in [4.78, 5) is 0. The third-order valence-electron chi connectivity index (χ3n) is 3.29. The van der Waals surface area contributed by atoms with E-state index in [2.05, 4.69) is 10.5 Å². The second kappa shape index (κ2) is 4.68. The molecular formula is C15H13ClN2O. The lowest BCUT2D eigenvalue weighted by Crippen LogP contribution is -2.37. The van der Waals surface area contributed by atoms with Crippen molar-refractivity contribution in [3.63, 3.8) is 0 Å². The van der Waals surface area contributed by atoms with Gasteiger partial charge in [0.15, 0.2) is 5.60 Å². The van der Waals surface area contributed by atoms with E-state index in [1.807, 2.05) is 42.5 Å². The summed E-state index contributed by atoms with van der Waals surface area (Å²) in [6.07, 6.45) is 0. The van der Waals surface area contributed by atoms with Crippen LogP contribution in [0.5, 0.6) is 0 Å². The van der Waals surface area contributed by atoms with Crippen LogP contribution in [0.25, 0.3) is 0 Å². The summed E-state index contributed by atoms with van der Waals surface area (Å²) in [6, 6.07) is 16.9. The van der Waals surface area contributed by atoms with E-state index in [4.69, 9.17) is 11.6 Å². The molecule has 0 aliphatic carbocycles. The van der Waals surface area contributed by atoms with Crippen LogP contribution in [-0.4, -0.2) is 17.4 Å². The monoisotopic (exact) mass is 272 g/mol. The number of hydrogen-bond donors (Lipinski definition) is 2. The van der Waals surface area contributed by atoms with Gasteiger partial charge in [0.05, 0.1) is 6.54 Å². The Bertz CT molecular complexity index is 610. The van der Waals surface area contributed by atoms with Gasteiger partial charge >= 0.3 is 0 Å². The van der Waals surface area contributed by atoms with Crippen molar-refractivity contribution < 1.29 is 5.11 Å². The first-order valence-corrected chi connectivity index (χ1v) is 6.43. The standard InChI is InChI=1S/C15H13ClN2O/c16-13-8-6-11(7-9-13)14-15(19,10-17-18-14)12-4-2-1-3-5-12/h1-9,17,19H,10H2/t15-/m1/s1. The van der Waals surface area contributed by atoms with E-state index in [1.165, 1.54) is 0 Å². The minimum absolute atomic E-state index is 0.370. The van der Waals surface area contributed by atoms with Gasteiger partial charge in [-0.3, -0.25) is 0 Å². The van der Waals surface area contributed by atoms with Crippen LogP contribution in [0.15, 0.2) is 59.7 Å². The van der Waals surface area contributed by atoms with Crippen LogP contribution >= 0.6 is 11.6 Å². The van der Waals surface area contributed by atoms with E-state index in [-0.39, 0.29) is 0 Å². The number of hydrogen-bond acceptors (Lipinski definition) is 3. The summed E-state index contributed by atoms with van der Waals surface area (Å²) in [5, 5.41) is 15.8. The molecule has 0 unspecified atom stereocenters. The molecule has 3 rings (SSSR count). The molecule has 1 heterocycles. The van der Waals surface area contributed by atoms with Crippen molar-refractivity contribution in [3.8, 4) is 0 Å². The summed E-state index contributed by atoms with van der Waals surface area (Å²) in [5.74, 6) is 0. The summed E-state index contributed by atoms with van der Waals surface area (Å²) in [5.41, 5.74) is 4.09. The van der Waals surface area contributed by atoms with Gasteiger partial charge in [0.25, 0.3) is 0 Å². The molecule has 96 valence electrons. The molecule has 0 saturated carbocycles. The van der Waals surface area contributed by atoms with Crippen molar-refractivity contribution in [1.29, 1.82) is 0 Å². The van der Waals surface area contributed by atoms with E-state index in [1.54, 1.807) is 12.1 Å². The molecule has 1 atom stereocenters. The van der Waals surface area contributed by atoms with Crippen molar-refractivity contribution in [2.75, 3.05) is 6.54 Å². The molecule has 0 fully saturated rings. The average molecular weight is 273 g/mol. The zero-order valence-corrected chi connectivity index (χ0v) is 10.9. The fourth-order valence-electron chi connectivity index (χ4n) is 2.27. The minimum atomic E-state index is -1.10. The van der Waals surface area contributed by atoms with Gasteiger partial charge < -0.3 is 10.5 Å². The zero-order valence-electron chi connectivity index (χ0n) is 10.2. The average Bonchev–Trinajstić information content (AvgIpc) is 2.84. The maximum Gasteiger partial charge on any atom is 0.152 e. The third-order valence-corrected chi connectivity index (χ3v) is 3.54. The van der Waals surface area contributed by atoms with Crippen LogP contribution in [0.3, 0.4) is 0 Å². The Morgan fingerprint density at radius 1 is 1.05 bits per heavy atom. The molecule has 0 aromatic heterocycles. The Kier molecular flexibility index (Phi) is 3.01. The summed E-state index contributed by atoms with van der Waals surface area (Å²) in [6.45, 7) is 0.370. The predicted molar refractivity (Wildman–Crippen MR) is 76.3 cm³/mol. The molecule has 0 saturated heterocycles. The number of hydrazone groups is 1. The van der Waals surface area contributed by atoms with Crippen molar-refractivity contribution >= 4 is 17.3 Å². The molecule has 1 aliphatic heterocycles. The van der Waals surface area contributed by atoms with E-state index >= 15 is 0 Å². The Morgan fingerprint density at radius 2 is 1.74 bits per heavy atom. The highest BCUT2D eigenvalue weighted by atomic mass is 35.5. The maximum atomic E-state index is 10.9. The Labute approximate surface area is 116 Å². The molecule has 1 aliphatic rings. The summed E-state index contributed by atoms with van der Waals surface area (Å²) >= 11 is 5.89. The number of halogens is 1. The fraction of sp³-hybridized carbons (Fsp3) is 0.133. The Balaban J connectivity index is 2.04. The molecule has 2 aromatic rings. The van der Waals surface area contributed by atoms with Crippen molar-refractivity contribution in [1.82, 2.24) is 5.43 Å². The molecule has 0 spiro atoms. The normalized spacial score (nSPS) is 21.9. The van der Waals surface area contributed by atoms with Crippen LogP contribution in [-0.2, 0) is 5.60 Å². The van der Waals surface area contributed by atoms with Gasteiger partial charge in [0.1, 0.15) is 5.71 Å². The molecule has 0 radical (unpaired) electrons. The highest BCUT2D eigenvalue weighted by Crippen LogP contribution is 2.29. The van der Waals surface area contributed by atoms with Gasteiger partial charge in [0.2, 0.25) is 0 Å². The molecule has 2 aromatic carbocycles. The number of nitrogens with zero attached hydrogens (tertiary/aromatic N) is 1. The second-order valence-electron chi connectivity index (χ2n) is 4.53. The molecule has 2 N–H and O–H groups in total. The minimum Gasteiger partial charge on any atom is -0.377 e. The third kappa shape index (κ3) is 2.11. The first kappa shape index (κ1) is 12.2. The molecule has 3 nitrogen and oxygen atoms in total. The van der Waals surface area contributed by atoms with Gasteiger partial charge in [-0.1, -0.05) is 54.1 Å². The highest BCUT2D eigenvalue weighted by molar-refractivity contribution is 6.30. The zero-order chi connectivity index (χ0) is 13.3. The summed E-state index contributed by atoms with van der Waals surface area (Å²) < 4.78 is 0. The SMILES string of the molecule is O[C@@]1(c2ccccc2)CNN=C1c1ccc(Cl)cc1. The number of rotatable bonds is 2. The lowest BCUT2D eigenvalue weighted by molar-refractivity contribution is 0.123. The van der Waals surface area contributed by atoms with E-state index in [9.17, 15) is 5.11 Å². The lowest BCUT2D eigenvalue weighted by atomic mass is 9.86. The first-order valence-electron chi connectivity index (χ1n) is 6.05. The second-order valence-corrected chi connectivity index (χ2v) is 4.96. The Hall–Kier alpha value is -1.84. The van der Waals surface area contributed by atoms with Crippen LogP contribution in [0.1, 0.15) is 11.1 Å². The lowest BCUT2D eigenvalue weighted by Gasteiger charge is -2.24. The van der Waals surface area contributed by atoms with Crippen LogP contribution in [0, 0.1) is 0 Å². The van der Waals surface area contributed by atoms with E-state index < -0.39 is 5.60 Å². The van der Waals surface area contributed by atoms with Crippen LogP contribution in [0.2, 0.25) is 5.02 Å². The number of aliphatic hydroxyl groups is 1. The van der Waals surface area contributed by atoms with Crippen molar-refractivity contribution in [2.45, 2.75) is 5.60 Å². The maximum absolute atomic E-state index is 10.9. The van der Waals surface area contributed by atoms with Crippen LogP contribution in [0.4, 0.5) is 0 Å². The molecular weight excluding hydrogens is 260 g/mol. The largest absolute Gasteiger partial charge is 0.377 e. The molecule has 0 bridgehead atoms. The predicted octanol–water partition coefficient (Wildman–Crippen LogP) is 2.54. The fourth-order valence-corrected chi connectivity index (χ4v) is 2.40. The number of β-amino-alcohol motifs (C(OH)–C–C–N with tert-alkyl or cyclic N) is 1. The highest BCUT2D eigenvalue weighted by Gasteiger charge is 2.39. The van der Waals surface area contributed by atoms with E-state index in [0.717, 1.165) is 11.1 Å². The molecule has 19 heavy (non-hydrogen) atoms. The van der Waals surface area contributed by atoms with Crippen LogP contribution < -0.4 is 5.43 Å². The topological polar surface area (TPSA) is 44.6 Å². The number of nitrogens with one attached hydrogen (secondary N) is 1. The van der Waals surface area contributed by atoms with Crippen molar-refractivity contribution in [3.05, 3.63) is 70.7 Å². The van der Waals surface area contributed by atoms with Gasteiger partial charge in [-0.05, 0) is 17.7 Å². The smallest absolute Gasteiger partial charge is 0.152 e. The van der Waals surface area contributed by atoms with Crippen molar-refractivity contribution in [2.24, 2.45) is 5.10 Å². The Morgan fingerprint density at radius 3 is 2.42 bits per heavy atom. The van der Waals surface area contributed by atoms with Gasteiger partial charge in [-0.2, -0.15) is 5.10 Å². The van der Waals surface area contributed by atoms with Gasteiger partial charge in [0, 0.05) is 10.6 Å². The number of benzene rings is 2. The quantitative estimate of drug-likeness (QED) is 0.882. The van der Waals surface area contributed by atoms with Gasteiger partial charge in [-0.25, -0.2) is 0 Å². The summed E-state index contributed by atoms with van der Waals surface area (Å²) in [7, 11) is 0.